The molecule has 2 aromatic heterocycles. The van der Waals surface area contributed by atoms with Crippen molar-refractivity contribution in [1.82, 2.24) is 4.98 Å². The lowest BCUT2D eigenvalue weighted by molar-refractivity contribution is 0.669. The summed E-state index contributed by atoms with van der Waals surface area (Å²) in [7, 11) is 0. The zero-order valence-electron chi connectivity index (χ0n) is 27.8. The largest absolute Gasteiger partial charge is 0.456 e. The molecule has 0 fully saturated rings. The van der Waals surface area contributed by atoms with Crippen molar-refractivity contribution >= 4 is 43.5 Å². The molecule has 51 heavy (non-hydrogen) atoms. The maximum Gasteiger partial charge on any atom is 0.135 e. The van der Waals surface area contributed by atoms with Crippen molar-refractivity contribution < 1.29 is 4.42 Å². The summed E-state index contributed by atoms with van der Waals surface area (Å²) in [5.74, 6) is 0. The summed E-state index contributed by atoms with van der Waals surface area (Å²) in [5.41, 5.74) is 13.7. The van der Waals surface area contributed by atoms with Gasteiger partial charge < -0.3 is 4.42 Å². The molecule has 10 rings (SSSR count). The molecule has 0 unspecified atom stereocenters. The van der Waals surface area contributed by atoms with Crippen LogP contribution in [0, 0.1) is 0 Å². The average molecular weight is 650 g/mol. The highest BCUT2D eigenvalue weighted by Gasteiger charge is 2.22. The molecule has 2 nitrogen and oxygen atoms in total. The van der Waals surface area contributed by atoms with Gasteiger partial charge in [0.05, 0.1) is 0 Å². The first-order valence-electron chi connectivity index (χ1n) is 17.4. The second-order valence-electron chi connectivity index (χ2n) is 13.1. The molecule has 0 saturated heterocycles. The second kappa shape index (κ2) is 12.0. The van der Waals surface area contributed by atoms with E-state index in [0.717, 1.165) is 33.1 Å². The van der Waals surface area contributed by atoms with Crippen LogP contribution < -0.4 is 0 Å². The van der Waals surface area contributed by atoms with Gasteiger partial charge in [0.2, 0.25) is 0 Å². The number of aromatic nitrogens is 1. The number of rotatable bonds is 5. The van der Waals surface area contributed by atoms with Gasteiger partial charge in [-0.2, -0.15) is 0 Å². The Labute approximate surface area is 295 Å². The van der Waals surface area contributed by atoms with Crippen LogP contribution >= 0.6 is 0 Å². The second-order valence-corrected chi connectivity index (χ2v) is 13.1. The Bertz CT molecular complexity index is 2830. The fourth-order valence-corrected chi connectivity index (χ4v) is 7.90. The van der Waals surface area contributed by atoms with Crippen LogP contribution in [0.5, 0.6) is 0 Å². The first kappa shape index (κ1) is 29.2. The standard InChI is InChI=1S/C49H31NO/c1-2-11-32(12-3-1)33-21-23-35(24-22-33)47-40-14-4-6-16-42(40)49(43-17-7-5-15-41(43)47)48-37(34-27-29-50-30-28-34)18-10-19-38(48)36-25-26-46-44(31-36)39-13-8-9-20-45(39)51-46/h1-31H. The molecule has 0 aliphatic rings. The van der Waals surface area contributed by atoms with E-state index in [0.29, 0.717) is 0 Å². The van der Waals surface area contributed by atoms with E-state index in [9.17, 15) is 0 Å². The topological polar surface area (TPSA) is 26.0 Å². The van der Waals surface area contributed by atoms with Crippen molar-refractivity contribution in [3.8, 4) is 55.6 Å². The molecule has 0 bridgehead atoms. The Hall–Kier alpha value is -6.77. The number of nitrogens with zero attached hydrogens (tertiary/aromatic N) is 1. The first-order chi connectivity index (χ1) is 25.3. The predicted octanol–water partition coefficient (Wildman–Crippen LogP) is 13.6. The molecule has 10 aromatic rings. The predicted molar refractivity (Wildman–Crippen MR) is 214 cm³/mol. The van der Waals surface area contributed by atoms with Gasteiger partial charge in [0, 0.05) is 23.2 Å². The van der Waals surface area contributed by atoms with Crippen LogP contribution in [0.25, 0.3) is 99.1 Å². The third-order valence-electron chi connectivity index (χ3n) is 10.2. The van der Waals surface area contributed by atoms with Gasteiger partial charge in [0.25, 0.3) is 0 Å². The van der Waals surface area contributed by atoms with Crippen molar-refractivity contribution in [2.75, 3.05) is 0 Å². The summed E-state index contributed by atoms with van der Waals surface area (Å²) in [5, 5.41) is 7.13. The molecule has 238 valence electrons. The van der Waals surface area contributed by atoms with Crippen LogP contribution in [0.2, 0.25) is 0 Å². The SMILES string of the molecule is c1ccc(-c2ccc(-c3c4ccccc4c(-c4c(-c5ccncc5)cccc4-c4ccc5oc6ccccc6c5c4)c4ccccc34)cc2)cc1. The van der Waals surface area contributed by atoms with Gasteiger partial charge in [0.15, 0.2) is 0 Å². The number of pyridine rings is 1. The molecule has 0 spiro atoms. The smallest absolute Gasteiger partial charge is 0.135 e. The Balaban J connectivity index is 1.28. The zero-order chi connectivity index (χ0) is 33.7. The van der Waals surface area contributed by atoms with Gasteiger partial charge in [-0.15, -0.1) is 0 Å². The van der Waals surface area contributed by atoms with Gasteiger partial charge in [0.1, 0.15) is 11.2 Å². The lowest BCUT2D eigenvalue weighted by Crippen LogP contribution is -1.95. The highest BCUT2D eigenvalue weighted by atomic mass is 16.3. The van der Waals surface area contributed by atoms with E-state index in [2.05, 4.69) is 169 Å². The number of benzene rings is 8. The van der Waals surface area contributed by atoms with Crippen molar-refractivity contribution in [2.45, 2.75) is 0 Å². The Morgan fingerprint density at radius 1 is 0.294 bits per heavy atom. The summed E-state index contributed by atoms with van der Waals surface area (Å²) in [6.07, 6.45) is 3.77. The van der Waals surface area contributed by atoms with Crippen LogP contribution in [0.1, 0.15) is 0 Å². The minimum absolute atomic E-state index is 0.894. The number of hydrogen-bond acceptors (Lipinski definition) is 2. The quantitative estimate of drug-likeness (QED) is 0.173. The van der Waals surface area contributed by atoms with Gasteiger partial charge in [-0.3, -0.25) is 4.98 Å². The normalized spacial score (nSPS) is 11.5. The zero-order valence-corrected chi connectivity index (χ0v) is 27.8. The van der Waals surface area contributed by atoms with Crippen LogP contribution in [0.3, 0.4) is 0 Å². The molecule has 0 aliphatic heterocycles. The maximum absolute atomic E-state index is 6.25. The molecular formula is C49H31NO. The number of para-hydroxylation sites is 1. The van der Waals surface area contributed by atoms with E-state index in [4.69, 9.17) is 4.42 Å². The summed E-state index contributed by atoms with van der Waals surface area (Å²) in [4.78, 5) is 4.37. The molecule has 0 aliphatic carbocycles. The summed E-state index contributed by atoms with van der Waals surface area (Å²) < 4.78 is 6.25. The van der Waals surface area contributed by atoms with Crippen molar-refractivity contribution in [3.05, 3.63) is 188 Å². The van der Waals surface area contributed by atoms with Gasteiger partial charge in [-0.25, -0.2) is 0 Å². The van der Waals surface area contributed by atoms with Gasteiger partial charge >= 0.3 is 0 Å². The Morgan fingerprint density at radius 2 is 0.804 bits per heavy atom. The van der Waals surface area contributed by atoms with E-state index < -0.39 is 0 Å². The van der Waals surface area contributed by atoms with Crippen molar-refractivity contribution in [3.63, 3.8) is 0 Å². The van der Waals surface area contributed by atoms with Gasteiger partial charge in [-0.1, -0.05) is 146 Å². The lowest BCUT2D eigenvalue weighted by Gasteiger charge is -2.22. The fourth-order valence-electron chi connectivity index (χ4n) is 7.90. The maximum atomic E-state index is 6.25. The van der Waals surface area contributed by atoms with Crippen molar-refractivity contribution in [2.24, 2.45) is 0 Å². The number of furan rings is 1. The molecule has 2 heterocycles. The van der Waals surface area contributed by atoms with Gasteiger partial charge in [-0.05, 0) is 108 Å². The van der Waals surface area contributed by atoms with Crippen molar-refractivity contribution in [1.29, 1.82) is 0 Å². The molecule has 0 radical (unpaired) electrons. The molecule has 0 N–H and O–H groups in total. The Morgan fingerprint density at radius 3 is 1.49 bits per heavy atom. The molecule has 0 saturated carbocycles. The molecule has 8 aromatic carbocycles. The summed E-state index contributed by atoms with van der Waals surface area (Å²) >= 11 is 0. The van der Waals surface area contributed by atoms with E-state index >= 15 is 0 Å². The van der Waals surface area contributed by atoms with Crippen LogP contribution in [-0.2, 0) is 0 Å². The number of fused-ring (bicyclic) bond motifs is 5. The van der Waals surface area contributed by atoms with Crippen LogP contribution in [0.4, 0.5) is 0 Å². The van der Waals surface area contributed by atoms with E-state index in [1.165, 1.54) is 66.1 Å². The fraction of sp³-hybridized carbons (Fsp3) is 0. The number of hydrogen-bond donors (Lipinski definition) is 0. The monoisotopic (exact) mass is 649 g/mol. The molecule has 0 amide bonds. The molecule has 0 atom stereocenters. The summed E-state index contributed by atoms with van der Waals surface area (Å²) in [6.45, 7) is 0. The van der Waals surface area contributed by atoms with E-state index in [-0.39, 0.29) is 0 Å². The third kappa shape index (κ3) is 4.84. The first-order valence-corrected chi connectivity index (χ1v) is 17.4. The minimum atomic E-state index is 0.894. The molecular weight excluding hydrogens is 619 g/mol. The third-order valence-corrected chi connectivity index (χ3v) is 10.2. The van der Waals surface area contributed by atoms with Crippen LogP contribution in [0.15, 0.2) is 193 Å². The lowest BCUT2D eigenvalue weighted by atomic mass is 9.81. The molecule has 2 heteroatoms. The van der Waals surface area contributed by atoms with Crippen LogP contribution in [-0.4, -0.2) is 4.98 Å². The minimum Gasteiger partial charge on any atom is -0.456 e. The Kier molecular flexibility index (Phi) is 6.85. The van der Waals surface area contributed by atoms with E-state index in [1.807, 2.05) is 24.5 Å². The highest BCUT2D eigenvalue weighted by molar-refractivity contribution is 6.24. The average Bonchev–Trinajstić information content (AvgIpc) is 3.58. The highest BCUT2D eigenvalue weighted by Crippen LogP contribution is 2.49. The summed E-state index contributed by atoms with van der Waals surface area (Å²) in [6, 6.07) is 63.3. The van der Waals surface area contributed by atoms with E-state index in [1.54, 1.807) is 0 Å².